The summed E-state index contributed by atoms with van der Waals surface area (Å²) in [5, 5.41) is 2.46. The van der Waals surface area contributed by atoms with Gasteiger partial charge in [-0.25, -0.2) is 0 Å². The van der Waals surface area contributed by atoms with E-state index in [-0.39, 0.29) is 0 Å². The lowest BCUT2D eigenvalue weighted by Gasteiger charge is -2.26. The zero-order valence-electron chi connectivity index (χ0n) is 22.7. The van der Waals surface area contributed by atoms with Crippen LogP contribution in [0.15, 0.2) is 176 Å². The number of nitrogens with zero attached hydrogens (tertiary/aromatic N) is 1. The summed E-state index contributed by atoms with van der Waals surface area (Å²) in [5.41, 5.74) is 10.6. The van der Waals surface area contributed by atoms with Crippen molar-refractivity contribution in [3.05, 3.63) is 176 Å². The van der Waals surface area contributed by atoms with Crippen molar-refractivity contribution in [3.63, 3.8) is 0 Å². The molecule has 7 rings (SSSR count). The van der Waals surface area contributed by atoms with Gasteiger partial charge in [0, 0.05) is 17.1 Å². The first-order chi connectivity index (χ1) is 20.3. The highest BCUT2D eigenvalue weighted by atomic mass is 15.1. The van der Waals surface area contributed by atoms with Crippen LogP contribution in [0.5, 0.6) is 0 Å². The third-order valence-electron chi connectivity index (χ3n) is 7.65. The van der Waals surface area contributed by atoms with Gasteiger partial charge in [-0.3, -0.25) is 0 Å². The fourth-order valence-electron chi connectivity index (χ4n) is 5.51. The van der Waals surface area contributed by atoms with Crippen LogP contribution < -0.4 is 4.90 Å². The Kier molecular flexibility index (Phi) is 6.61. The van der Waals surface area contributed by atoms with E-state index in [2.05, 4.69) is 181 Å². The Labute approximate surface area is 241 Å². The van der Waals surface area contributed by atoms with Crippen LogP contribution in [0.3, 0.4) is 0 Å². The highest BCUT2D eigenvalue weighted by Gasteiger charge is 2.14. The Morgan fingerprint density at radius 2 is 0.683 bits per heavy atom. The van der Waals surface area contributed by atoms with Gasteiger partial charge in [0.05, 0.1) is 0 Å². The van der Waals surface area contributed by atoms with Crippen LogP contribution in [0.2, 0.25) is 0 Å². The monoisotopic (exact) mass is 523 g/mol. The van der Waals surface area contributed by atoms with Gasteiger partial charge in [0.1, 0.15) is 0 Å². The Bertz CT molecular complexity index is 1910. The van der Waals surface area contributed by atoms with E-state index in [1.54, 1.807) is 0 Å². The van der Waals surface area contributed by atoms with Gasteiger partial charge in [-0.05, 0) is 80.6 Å². The first kappa shape index (κ1) is 24.6. The summed E-state index contributed by atoms with van der Waals surface area (Å²) >= 11 is 0. The maximum atomic E-state index is 2.35. The Morgan fingerprint density at radius 1 is 0.244 bits per heavy atom. The second-order valence-corrected chi connectivity index (χ2v) is 10.3. The molecule has 7 aromatic rings. The van der Waals surface area contributed by atoms with E-state index >= 15 is 0 Å². The number of benzene rings is 7. The van der Waals surface area contributed by atoms with Crippen LogP contribution in [0, 0.1) is 0 Å². The predicted molar refractivity (Wildman–Crippen MR) is 175 cm³/mol. The van der Waals surface area contributed by atoms with Crippen molar-refractivity contribution in [2.75, 3.05) is 4.90 Å². The van der Waals surface area contributed by atoms with Crippen molar-refractivity contribution in [1.82, 2.24) is 0 Å². The molecular weight excluding hydrogens is 494 g/mol. The standard InChI is InChI=1S/C40H29N/c1-3-10-30(11-4-1)33-18-20-35(21-19-33)37-16-9-17-39(28-37)41(40-27-24-32-14-7-8-15-36(32)29-40)38-25-22-34(23-26-38)31-12-5-2-6-13-31/h1-29H. The van der Waals surface area contributed by atoms with Crippen molar-refractivity contribution < 1.29 is 0 Å². The largest absolute Gasteiger partial charge is 0.310 e. The SMILES string of the molecule is c1ccc(-c2ccc(-c3cccc(N(c4ccc(-c5ccccc5)cc4)c4ccc5ccccc5c4)c3)cc2)cc1. The van der Waals surface area contributed by atoms with Crippen molar-refractivity contribution in [2.24, 2.45) is 0 Å². The average molecular weight is 524 g/mol. The van der Waals surface area contributed by atoms with Gasteiger partial charge in [0.2, 0.25) is 0 Å². The maximum absolute atomic E-state index is 2.35. The average Bonchev–Trinajstić information content (AvgIpc) is 3.06. The number of rotatable bonds is 6. The summed E-state index contributed by atoms with van der Waals surface area (Å²) in [5.74, 6) is 0. The minimum Gasteiger partial charge on any atom is -0.310 e. The molecule has 41 heavy (non-hydrogen) atoms. The minimum atomic E-state index is 1.12. The van der Waals surface area contributed by atoms with Crippen molar-refractivity contribution >= 4 is 27.8 Å². The normalized spacial score (nSPS) is 10.9. The van der Waals surface area contributed by atoms with E-state index in [1.165, 1.54) is 44.2 Å². The van der Waals surface area contributed by atoms with E-state index in [4.69, 9.17) is 0 Å². The zero-order valence-corrected chi connectivity index (χ0v) is 22.7. The second-order valence-electron chi connectivity index (χ2n) is 10.3. The van der Waals surface area contributed by atoms with Crippen molar-refractivity contribution in [1.29, 1.82) is 0 Å². The molecule has 0 saturated carbocycles. The number of hydrogen-bond donors (Lipinski definition) is 0. The van der Waals surface area contributed by atoms with Gasteiger partial charge in [-0.2, -0.15) is 0 Å². The van der Waals surface area contributed by atoms with Gasteiger partial charge < -0.3 is 4.90 Å². The lowest BCUT2D eigenvalue weighted by Crippen LogP contribution is -2.10. The molecule has 0 bridgehead atoms. The van der Waals surface area contributed by atoms with E-state index < -0.39 is 0 Å². The molecule has 0 aliphatic heterocycles. The first-order valence-corrected chi connectivity index (χ1v) is 14.0. The molecule has 7 aromatic carbocycles. The summed E-state index contributed by atoms with van der Waals surface area (Å²) in [6.07, 6.45) is 0. The van der Waals surface area contributed by atoms with Gasteiger partial charge in [0.15, 0.2) is 0 Å². The van der Waals surface area contributed by atoms with Crippen LogP contribution in [0.1, 0.15) is 0 Å². The Balaban J connectivity index is 1.30. The number of fused-ring (bicyclic) bond motifs is 1. The molecule has 0 unspecified atom stereocenters. The third-order valence-corrected chi connectivity index (χ3v) is 7.65. The summed E-state index contributed by atoms with van der Waals surface area (Å²) in [4.78, 5) is 2.35. The molecule has 0 N–H and O–H groups in total. The van der Waals surface area contributed by atoms with Gasteiger partial charge in [0.25, 0.3) is 0 Å². The van der Waals surface area contributed by atoms with Crippen LogP contribution >= 0.6 is 0 Å². The fourth-order valence-corrected chi connectivity index (χ4v) is 5.51. The van der Waals surface area contributed by atoms with E-state index in [1.807, 2.05) is 0 Å². The van der Waals surface area contributed by atoms with Crippen LogP contribution in [0.4, 0.5) is 17.1 Å². The molecule has 0 aromatic heterocycles. The molecule has 0 fully saturated rings. The molecule has 0 amide bonds. The lowest BCUT2D eigenvalue weighted by atomic mass is 9.99. The Hall–Kier alpha value is -5.40. The lowest BCUT2D eigenvalue weighted by molar-refractivity contribution is 1.29. The predicted octanol–water partition coefficient (Wildman–Crippen LogP) is 11.3. The first-order valence-electron chi connectivity index (χ1n) is 14.0. The van der Waals surface area contributed by atoms with Crippen LogP contribution in [-0.4, -0.2) is 0 Å². The molecule has 1 heteroatoms. The summed E-state index contributed by atoms with van der Waals surface area (Å²) in [7, 11) is 0. The molecule has 0 saturated heterocycles. The molecule has 0 aliphatic rings. The van der Waals surface area contributed by atoms with Gasteiger partial charge in [-0.15, -0.1) is 0 Å². The summed E-state index contributed by atoms with van der Waals surface area (Å²) < 4.78 is 0. The van der Waals surface area contributed by atoms with Crippen LogP contribution in [0.25, 0.3) is 44.2 Å². The number of hydrogen-bond acceptors (Lipinski definition) is 1. The Morgan fingerprint density at radius 3 is 1.32 bits per heavy atom. The fraction of sp³-hybridized carbons (Fsp3) is 0. The molecule has 0 heterocycles. The quantitative estimate of drug-likeness (QED) is 0.209. The van der Waals surface area contributed by atoms with Crippen molar-refractivity contribution in [2.45, 2.75) is 0 Å². The molecule has 194 valence electrons. The maximum Gasteiger partial charge on any atom is 0.0468 e. The highest BCUT2D eigenvalue weighted by Crippen LogP contribution is 2.38. The molecule has 0 spiro atoms. The van der Waals surface area contributed by atoms with Crippen LogP contribution in [-0.2, 0) is 0 Å². The minimum absolute atomic E-state index is 1.12. The molecule has 1 nitrogen and oxygen atoms in total. The second kappa shape index (κ2) is 11.0. The third kappa shape index (κ3) is 5.14. The molecule has 0 aliphatic carbocycles. The van der Waals surface area contributed by atoms with Gasteiger partial charge >= 0.3 is 0 Å². The summed E-state index contributed by atoms with van der Waals surface area (Å²) in [6.45, 7) is 0. The van der Waals surface area contributed by atoms with Crippen molar-refractivity contribution in [3.8, 4) is 33.4 Å². The number of anilines is 3. The molecule has 0 atom stereocenters. The molecular formula is C40H29N. The summed E-state index contributed by atoms with van der Waals surface area (Å²) in [6, 6.07) is 62.9. The highest BCUT2D eigenvalue weighted by molar-refractivity contribution is 5.90. The molecule has 0 radical (unpaired) electrons. The van der Waals surface area contributed by atoms with Gasteiger partial charge in [-0.1, -0.05) is 140 Å². The van der Waals surface area contributed by atoms with E-state index in [0.29, 0.717) is 0 Å². The van der Waals surface area contributed by atoms with E-state index in [0.717, 1.165) is 17.1 Å². The topological polar surface area (TPSA) is 3.24 Å². The smallest absolute Gasteiger partial charge is 0.0468 e. The zero-order chi connectivity index (χ0) is 27.4. The van der Waals surface area contributed by atoms with E-state index in [9.17, 15) is 0 Å².